The summed E-state index contributed by atoms with van der Waals surface area (Å²) in [7, 11) is 0. The lowest BCUT2D eigenvalue weighted by molar-refractivity contribution is -0.144. The Labute approximate surface area is 236 Å². The molecule has 0 aliphatic carbocycles. The molecule has 0 N–H and O–H groups in total. The number of benzene rings is 2. The van der Waals surface area contributed by atoms with Crippen LogP contribution in [0.15, 0.2) is 60.7 Å². The Bertz CT molecular complexity index is 822. The molecule has 0 bridgehead atoms. The molecule has 2 rings (SSSR count). The van der Waals surface area contributed by atoms with Crippen LogP contribution in [-0.4, -0.2) is 74.2 Å². The number of unbranched alkanes of at least 4 members (excludes halogenated alkanes) is 2. The minimum atomic E-state index is -0.186. The zero-order valence-corrected chi connectivity index (χ0v) is 24.3. The number of ether oxygens (including phenoxy) is 2. The smallest absolute Gasteiger partial charge is 0.307 e. The first-order valence-corrected chi connectivity index (χ1v) is 14.9. The normalized spacial score (nSPS) is 11.2. The van der Waals surface area contributed by atoms with Crippen LogP contribution in [0.5, 0.6) is 0 Å². The SMILES string of the molecule is CCCCN(CCCC)CCCN(CCC(=O)OCCc1ccccc1)CCC(=O)OCCc1ccccc1. The number of rotatable bonds is 22. The lowest BCUT2D eigenvalue weighted by atomic mass is 10.2. The van der Waals surface area contributed by atoms with Gasteiger partial charge in [-0.2, -0.15) is 0 Å². The fraction of sp³-hybridized carbons (Fsp3) is 0.576. The van der Waals surface area contributed by atoms with Crippen molar-refractivity contribution in [1.29, 1.82) is 0 Å². The van der Waals surface area contributed by atoms with Crippen molar-refractivity contribution < 1.29 is 19.1 Å². The van der Waals surface area contributed by atoms with Gasteiger partial charge < -0.3 is 19.3 Å². The number of hydrogen-bond donors (Lipinski definition) is 0. The second-order valence-corrected chi connectivity index (χ2v) is 10.2. The summed E-state index contributed by atoms with van der Waals surface area (Å²) in [6, 6.07) is 20.1. The molecule has 0 saturated carbocycles. The second-order valence-electron chi connectivity index (χ2n) is 10.2. The van der Waals surface area contributed by atoms with Gasteiger partial charge in [-0.1, -0.05) is 87.4 Å². The molecule has 2 aromatic carbocycles. The van der Waals surface area contributed by atoms with E-state index in [9.17, 15) is 9.59 Å². The maximum Gasteiger partial charge on any atom is 0.307 e. The van der Waals surface area contributed by atoms with Gasteiger partial charge in [0.15, 0.2) is 0 Å². The predicted octanol–water partition coefficient (Wildman–Crippen LogP) is 5.93. The van der Waals surface area contributed by atoms with Gasteiger partial charge in [0.05, 0.1) is 26.1 Å². The Balaban J connectivity index is 1.77. The molecule has 6 heteroatoms. The van der Waals surface area contributed by atoms with E-state index in [0.717, 1.165) is 56.6 Å². The quantitative estimate of drug-likeness (QED) is 0.173. The Morgan fingerprint density at radius 1 is 0.564 bits per heavy atom. The van der Waals surface area contributed by atoms with Crippen LogP contribution in [0.1, 0.15) is 69.9 Å². The molecule has 0 amide bonds. The fourth-order valence-electron chi connectivity index (χ4n) is 4.45. The van der Waals surface area contributed by atoms with Crippen molar-refractivity contribution in [2.45, 2.75) is 71.6 Å². The highest BCUT2D eigenvalue weighted by Gasteiger charge is 2.13. The molecule has 216 valence electrons. The summed E-state index contributed by atoms with van der Waals surface area (Å²) in [5, 5.41) is 0. The highest BCUT2D eigenvalue weighted by atomic mass is 16.5. The third-order valence-electron chi connectivity index (χ3n) is 6.86. The van der Waals surface area contributed by atoms with Crippen molar-refractivity contribution in [2.75, 3.05) is 52.5 Å². The van der Waals surface area contributed by atoms with Crippen LogP contribution in [-0.2, 0) is 31.9 Å². The van der Waals surface area contributed by atoms with Crippen molar-refractivity contribution in [3.63, 3.8) is 0 Å². The summed E-state index contributed by atoms with van der Waals surface area (Å²) < 4.78 is 11.0. The van der Waals surface area contributed by atoms with Gasteiger partial charge >= 0.3 is 11.9 Å². The summed E-state index contributed by atoms with van der Waals surface area (Å²) in [4.78, 5) is 29.6. The van der Waals surface area contributed by atoms with Crippen molar-refractivity contribution in [1.82, 2.24) is 9.80 Å². The second kappa shape index (κ2) is 21.2. The van der Waals surface area contributed by atoms with E-state index in [1.54, 1.807) is 0 Å². The maximum absolute atomic E-state index is 12.4. The van der Waals surface area contributed by atoms with Crippen LogP contribution in [0.2, 0.25) is 0 Å². The minimum Gasteiger partial charge on any atom is -0.465 e. The highest BCUT2D eigenvalue weighted by Crippen LogP contribution is 2.06. The first-order valence-electron chi connectivity index (χ1n) is 14.9. The molecule has 39 heavy (non-hydrogen) atoms. The third kappa shape index (κ3) is 16.1. The van der Waals surface area contributed by atoms with E-state index in [2.05, 4.69) is 23.6 Å². The lowest BCUT2D eigenvalue weighted by Gasteiger charge is -2.25. The van der Waals surface area contributed by atoms with Crippen LogP contribution in [0.25, 0.3) is 0 Å². The van der Waals surface area contributed by atoms with Crippen LogP contribution in [0.4, 0.5) is 0 Å². The lowest BCUT2D eigenvalue weighted by Crippen LogP contribution is -2.34. The summed E-state index contributed by atoms with van der Waals surface area (Å²) in [5.41, 5.74) is 2.32. The molecule has 0 aromatic heterocycles. The van der Waals surface area contributed by atoms with Gasteiger partial charge in [0, 0.05) is 25.9 Å². The van der Waals surface area contributed by atoms with E-state index in [-0.39, 0.29) is 11.9 Å². The van der Waals surface area contributed by atoms with E-state index in [1.807, 2.05) is 60.7 Å². The van der Waals surface area contributed by atoms with Crippen LogP contribution in [0.3, 0.4) is 0 Å². The zero-order valence-electron chi connectivity index (χ0n) is 24.3. The Morgan fingerprint density at radius 3 is 1.36 bits per heavy atom. The Morgan fingerprint density at radius 2 is 0.949 bits per heavy atom. The number of carbonyl (C=O) groups is 2. The van der Waals surface area contributed by atoms with E-state index in [4.69, 9.17) is 9.47 Å². The van der Waals surface area contributed by atoms with Gasteiger partial charge in [-0.15, -0.1) is 0 Å². The summed E-state index contributed by atoms with van der Waals surface area (Å²) in [5.74, 6) is -0.372. The molecule has 0 fully saturated rings. The average molecular weight is 539 g/mol. The van der Waals surface area contributed by atoms with Gasteiger partial charge in [-0.25, -0.2) is 0 Å². The molecular formula is C33H50N2O4. The Kier molecular flexibility index (Phi) is 17.6. The molecule has 0 spiro atoms. The van der Waals surface area contributed by atoms with Gasteiger partial charge in [0.2, 0.25) is 0 Å². The summed E-state index contributed by atoms with van der Waals surface area (Å²) >= 11 is 0. The summed E-state index contributed by atoms with van der Waals surface area (Å²) in [6.45, 7) is 10.6. The van der Waals surface area contributed by atoms with Crippen LogP contribution in [0, 0.1) is 0 Å². The van der Waals surface area contributed by atoms with Crippen molar-refractivity contribution >= 4 is 11.9 Å². The van der Waals surface area contributed by atoms with E-state index in [1.165, 1.54) is 25.7 Å². The molecule has 2 aromatic rings. The predicted molar refractivity (Wildman–Crippen MR) is 159 cm³/mol. The molecule has 0 atom stereocenters. The largest absolute Gasteiger partial charge is 0.465 e. The highest BCUT2D eigenvalue weighted by molar-refractivity contribution is 5.70. The maximum atomic E-state index is 12.4. The van der Waals surface area contributed by atoms with Gasteiger partial charge in [0.1, 0.15) is 0 Å². The first kappa shape index (κ1) is 32.5. The molecule has 0 saturated heterocycles. The molecular weight excluding hydrogens is 488 g/mol. The van der Waals surface area contributed by atoms with E-state index >= 15 is 0 Å². The average Bonchev–Trinajstić information content (AvgIpc) is 2.96. The van der Waals surface area contributed by atoms with Crippen molar-refractivity contribution in [2.24, 2.45) is 0 Å². The molecule has 6 nitrogen and oxygen atoms in total. The first-order chi connectivity index (χ1) is 19.1. The molecule has 0 aliphatic rings. The van der Waals surface area contributed by atoms with Crippen LogP contribution >= 0.6 is 0 Å². The van der Waals surface area contributed by atoms with E-state index in [0.29, 0.717) is 39.1 Å². The number of carbonyl (C=O) groups excluding carboxylic acids is 2. The number of esters is 2. The van der Waals surface area contributed by atoms with Gasteiger partial charge in [-0.05, 0) is 56.6 Å². The third-order valence-corrected chi connectivity index (χ3v) is 6.86. The monoisotopic (exact) mass is 538 g/mol. The zero-order chi connectivity index (χ0) is 28.0. The summed E-state index contributed by atoms with van der Waals surface area (Å²) in [6.07, 6.45) is 7.95. The molecule has 0 unspecified atom stereocenters. The molecule has 0 heterocycles. The number of hydrogen-bond acceptors (Lipinski definition) is 6. The van der Waals surface area contributed by atoms with Gasteiger partial charge in [0.25, 0.3) is 0 Å². The topological polar surface area (TPSA) is 59.1 Å². The van der Waals surface area contributed by atoms with Gasteiger partial charge in [-0.3, -0.25) is 9.59 Å². The fourth-order valence-corrected chi connectivity index (χ4v) is 4.45. The molecule has 0 radical (unpaired) electrons. The number of nitrogens with zero attached hydrogens (tertiary/aromatic N) is 2. The molecule has 0 aliphatic heterocycles. The van der Waals surface area contributed by atoms with Crippen LogP contribution < -0.4 is 0 Å². The minimum absolute atomic E-state index is 0.186. The van der Waals surface area contributed by atoms with Crippen molar-refractivity contribution in [3.05, 3.63) is 71.8 Å². The van der Waals surface area contributed by atoms with Crippen molar-refractivity contribution in [3.8, 4) is 0 Å². The standard InChI is InChI=1S/C33H50N2O4/c1-3-5-22-34(23-6-4-2)24-13-25-35(26-18-32(36)38-28-20-30-14-9-7-10-15-30)27-19-33(37)39-29-21-31-16-11-8-12-17-31/h7-12,14-17H,3-6,13,18-29H2,1-2H3. The Hall–Kier alpha value is -2.70. The van der Waals surface area contributed by atoms with E-state index < -0.39 is 0 Å².